The summed E-state index contributed by atoms with van der Waals surface area (Å²) in [4.78, 5) is 29.0. The molecule has 0 spiro atoms. The number of carbonyl (C=O) groups excluding carboxylic acids is 1. The van der Waals surface area contributed by atoms with E-state index in [1.54, 1.807) is 23.5 Å². The highest BCUT2D eigenvalue weighted by atomic mass is 32.1. The Bertz CT molecular complexity index is 1170. The number of rotatable bonds is 4. The number of benzene rings is 1. The van der Waals surface area contributed by atoms with E-state index in [1.165, 1.54) is 17.4 Å². The number of aryl methyl sites for hydroxylation is 1. The van der Waals surface area contributed by atoms with Gasteiger partial charge >= 0.3 is 0 Å². The van der Waals surface area contributed by atoms with Gasteiger partial charge in [0, 0.05) is 23.4 Å². The summed E-state index contributed by atoms with van der Waals surface area (Å²) < 4.78 is 1.79. The number of pyridine rings is 1. The Morgan fingerprint density at radius 2 is 2.07 bits per heavy atom. The molecule has 7 nitrogen and oxygen atoms in total. The molecule has 0 saturated heterocycles. The third-order valence-corrected chi connectivity index (χ3v) is 5.06. The lowest BCUT2D eigenvalue weighted by Crippen LogP contribution is -2.14. The SMILES string of the molecule is Cc1ccc(C(=O)Nc2c(-c3cccs3)nc3ccccn23)cc1[N+](=O)[O-]. The Kier molecular flexibility index (Phi) is 4.17. The molecule has 1 amide bonds. The lowest BCUT2D eigenvalue weighted by molar-refractivity contribution is -0.385. The van der Waals surface area contributed by atoms with Gasteiger partial charge in [0.05, 0.1) is 9.80 Å². The molecule has 0 unspecified atom stereocenters. The monoisotopic (exact) mass is 378 g/mol. The molecule has 1 N–H and O–H groups in total. The van der Waals surface area contributed by atoms with Crippen LogP contribution in [0.1, 0.15) is 15.9 Å². The predicted octanol–water partition coefficient (Wildman–Crippen LogP) is 4.53. The van der Waals surface area contributed by atoms with Gasteiger partial charge < -0.3 is 5.32 Å². The third-order valence-electron chi connectivity index (χ3n) is 4.18. The van der Waals surface area contributed by atoms with E-state index < -0.39 is 10.8 Å². The first-order valence-electron chi connectivity index (χ1n) is 8.12. The number of hydrogen-bond acceptors (Lipinski definition) is 5. The summed E-state index contributed by atoms with van der Waals surface area (Å²) in [7, 11) is 0. The van der Waals surface area contributed by atoms with Crippen molar-refractivity contribution in [2.45, 2.75) is 6.92 Å². The molecule has 0 aliphatic rings. The number of hydrogen-bond donors (Lipinski definition) is 1. The van der Waals surface area contributed by atoms with Gasteiger partial charge in [0.15, 0.2) is 0 Å². The number of aromatic nitrogens is 2. The average Bonchev–Trinajstić information content (AvgIpc) is 3.30. The first-order chi connectivity index (χ1) is 13.0. The zero-order valence-corrected chi connectivity index (χ0v) is 15.1. The van der Waals surface area contributed by atoms with Gasteiger partial charge in [0.1, 0.15) is 17.2 Å². The number of amides is 1. The fourth-order valence-electron chi connectivity index (χ4n) is 2.83. The predicted molar refractivity (Wildman–Crippen MR) is 104 cm³/mol. The maximum Gasteiger partial charge on any atom is 0.273 e. The topological polar surface area (TPSA) is 89.5 Å². The highest BCUT2D eigenvalue weighted by molar-refractivity contribution is 7.13. The van der Waals surface area contributed by atoms with Crippen molar-refractivity contribution in [2.75, 3.05) is 5.32 Å². The number of carbonyl (C=O) groups is 1. The van der Waals surface area contributed by atoms with Crippen molar-refractivity contribution in [1.29, 1.82) is 0 Å². The van der Waals surface area contributed by atoms with Crippen molar-refractivity contribution in [3.8, 4) is 10.6 Å². The molecular weight excluding hydrogens is 364 g/mol. The van der Waals surface area contributed by atoms with Crippen LogP contribution in [0.5, 0.6) is 0 Å². The fourth-order valence-corrected chi connectivity index (χ4v) is 3.54. The smallest absolute Gasteiger partial charge is 0.273 e. The molecule has 0 fully saturated rings. The zero-order valence-electron chi connectivity index (χ0n) is 14.2. The summed E-state index contributed by atoms with van der Waals surface area (Å²) in [5, 5.41) is 16.0. The van der Waals surface area contributed by atoms with E-state index in [0.717, 1.165) is 4.88 Å². The van der Waals surface area contributed by atoms with Crippen LogP contribution >= 0.6 is 11.3 Å². The van der Waals surface area contributed by atoms with Gasteiger partial charge in [-0.05, 0) is 36.6 Å². The van der Waals surface area contributed by atoms with E-state index >= 15 is 0 Å². The Morgan fingerprint density at radius 1 is 1.22 bits per heavy atom. The summed E-state index contributed by atoms with van der Waals surface area (Å²) in [6.45, 7) is 1.64. The second kappa shape index (κ2) is 6.65. The normalized spacial score (nSPS) is 10.9. The molecule has 0 aliphatic heterocycles. The number of nitro benzene ring substituents is 1. The number of thiophene rings is 1. The van der Waals surface area contributed by atoms with Crippen LogP contribution in [0.25, 0.3) is 16.2 Å². The molecule has 3 aromatic heterocycles. The molecule has 0 aliphatic carbocycles. The maximum absolute atomic E-state index is 12.8. The van der Waals surface area contributed by atoms with Crippen molar-refractivity contribution in [3.05, 3.63) is 81.3 Å². The quantitative estimate of drug-likeness (QED) is 0.417. The molecule has 0 bridgehead atoms. The summed E-state index contributed by atoms with van der Waals surface area (Å²) in [6.07, 6.45) is 1.81. The second-order valence-corrected chi connectivity index (χ2v) is 6.88. The summed E-state index contributed by atoms with van der Waals surface area (Å²) in [5.74, 6) is 0.0998. The molecular formula is C19H14N4O3S. The number of imidazole rings is 1. The molecule has 8 heteroatoms. The Labute approximate surface area is 158 Å². The van der Waals surface area contributed by atoms with Crippen molar-refractivity contribution in [1.82, 2.24) is 9.38 Å². The van der Waals surface area contributed by atoms with Crippen molar-refractivity contribution >= 4 is 34.4 Å². The van der Waals surface area contributed by atoms with Crippen LogP contribution in [0.3, 0.4) is 0 Å². The standard InChI is InChI=1S/C19H14N4O3S/c1-12-7-8-13(11-14(12)23(25)26)19(24)21-18-17(15-5-4-10-27-15)20-16-6-2-3-9-22(16)18/h2-11H,1H3,(H,21,24). The largest absolute Gasteiger partial charge is 0.306 e. The Morgan fingerprint density at radius 3 is 2.81 bits per heavy atom. The summed E-state index contributed by atoms with van der Waals surface area (Å²) in [5.41, 5.74) is 2.00. The first-order valence-corrected chi connectivity index (χ1v) is 9.00. The molecule has 4 aromatic rings. The van der Waals surface area contributed by atoms with Crippen LogP contribution in [0.2, 0.25) is 0 Å². The molecule has 0 atom stereocenters. The highest BCUT2D eigenvalue weighted by Gasteiger charge is 2.20. The van der Waals surface area contributed by atoms with Crippen LogP contribution in [-0.2, 0) is 0 Å². The van der Waals surface area contributed by atoms with Crippen molar-refractivity contribution in [3.63, 3.8) is 0 Å². The minimum absolute atomic E-state index is 0.0840. The molecule has 0 radical (unpaired) electrons. The number of nitrogens with zero attached hydrogens (tertiary/aromatic N) is 3. The molecule has 134 valence electrons. The minimum Gasteiger partial charge on any atom is -0.306 e. The van der Waals surface area contributed by atoms with Gasteiger partial charge in [-0.25, -0.2) is 4.98 Å². The lowest BCUT2D eigenvalue weighted by Gasteiger charge is -2.08. The third kappa shape index (κ3) is 3.06. The van der Waals surface area contributed by atoms with Gasteiger partial charge in [-0.2, -0.15) is 0 Å². The van der Waals surface area contributed by atoms with E-state index in [2.05, 4.69) is 10.3 Å². The Balaban J connectivity index is 1.77. The van der Waals surface area contributed by atoms with Gasteiger partial charge in [0.2, 0.25) is 0 Å². The van der Waals surface area contributed by atoms with Crippen LogP contribution in [0, 0.1) is 17.0 Å². The summed E-state index contributed by atoms with van der Waals surface area (Å²) in [6, 6.07) is 13.8. The molecule has 3 heterocycles. The Hall–Kier alpha value is -3.52. The number of nitro groups is 1. The van der Waals surface area contributed by atoms with Gasteiger partial charge in [-0.3, -0.25) is 19.3 Å². The van der Waals surface area contributed by atoms with Crippen molar-refractivity contribution in [2.24, 2.45) is 0 Å². The van der Waals surface area contributed by atoms with Crippen LogP contribution < -0.4 is 5.32 Å². The van der Waals surface area contributed by atoms with E-state index in [9.17, 15) is 14.9 Å². The van der Waals surface area contributed by atoms with E-state index in [1.807, 2.05) is 41.9 Å². The second-order valence-electron chi connectivity index (χ2n) is 5.93. The van der Waals surface area contributed by atoms with Crippen LogP contribution in [-0.4, -0.2) is 20.2 Å². The van der Waals surface area contributed by atoms with Gasteiger partial charge in [0.25, 0.3) is 11.6 Å². The zero-order chi connectivity index (χ0) is 19.0. The highest BCUT2D eigenvalue weighted by Crippen LogP contribution is 2.32. The van der Waals surface area contributed by atoms with Crippen LogP contribution in [0.4, 0.5) is 11.5 Å². The number of anilines is 1. The fraction of sp³-hybridized carbons (Fsp3) is 0.0526. The summed E-state index contributed by atoms with van der Waals surface area (Å²) >= 11 is 1.52. The molecule has 0 saturated carbocycles. The van der Waals surface area contributed by atoms with Gasteiger partial charge in [-0.1, -0.05) is 18.2 Å². The first kappa shape index (κ1) is 16.9. The van der Waals surface area contributed by atoms with Crippen LogP contribution in [0.15, 0.2) is 60.1 Å². The number of fused-ring (bicyclic) bond motifs is 1. The molecule has 1 aromatic carbocycles. The van der Waals surface area contributed by atoms with Crippen molar-refractivity contribution < 1.29 is 9.72 Å². The minimum atomic E-state index is -0.489. The average molecular weight is 378 g/mol. The molecule has 27 heavy (non-hydrogen) atoms. The maximum atomic E-state index is 12.8. The van der Waals surface area contributed by atoms with E-state index in [0.29, 0.717) is 22.7 Å². The van der Waals surface area contributed by atoms with E-state index in [-0.39, 0.29) is 11.3 Å². The number of nitrogens with one attached hydrogen (secondary N) is 1. The molecule has 4 rings (SSSR count). The van der Waals surface area contributed by atoms with Gasteiger partial charge in [-0.15, -0.1) is 11.3 Å². The lowest BCUT2D eigenvalue weighted by atomic mass is 10.1. The van der Waals surface area contributed by atoms with E-state index in [4.69, 9.17) is 0 Å².